The lowest BCUT2D eigenvalue weighted by atomic mass is 10.0. The Morgan fingerprint density at radius 1 is 0.810 bits per heavy atom. The van der Waals surface area contributed by atoms with Gasteiger partial charge in [-0.15, -0.1) is 0 Å². The number of pyridine rings is 1. The third-order valence-electron chi connectivity index (χ3n) is 3.38. The molecular formula is C19H14N2. The summed E-state index contributed by atoms with van der Waals surface area (Å²) < 4.78 is 0. The van der Waals surface area contributed by atoms with Crippen LogP contribution in [0, 0.1) is 13.5 Å². The highest BCUT2D eigenvalue weighted by Crippen LogP contribution is 2.27. The molecule has 0 bridgehead atoms. The van der Waals surface area contributed by atoms with Crippen molar-refractivity contribution in [1.29, 1.82) is 0 Å². The molecule has 3 aromatic rings. The lowest BCUT2D eigenvalue weighted by Gasteiger charge is -2.06. The standard InChI is InChI=1S/C19H14N2/c1-14-5-3-8-19(21-14)17-7-4-6-16(13-17)15-9-11-18(20-2)12-10-15/h3-13H,1H3. The molecule has 21 heavy (non-hydrogen) atoms. The molecule has 0 fully saturated rings. The van der Waals surface area contributed by atoms with Crippen molar-refractivity contribution in [2.45, 2.75) is 6.92 Å². The lowest BCUT2D eigenvalue weighted by Crippen LogP contribution is -1.86. The van der Waals surface area contributed by atoms with E-state index in [0.717, 1.165) is 28.1 Å². The fraction of sp³-hybridized carbons (Fsp3) is 0.0526. The fourth-order valence-corrected chi connectivity index (χ4v) is 2.29. The molecule has 1 aromatic heterocycles. The van der Waals surface area contributed by atoms with Crippen molar-refractivity contribution in [1.82, 2.24) is 4.98 Å². The SMILES string of the molecule is [C-]#[N+]c1ccc(-c2cccc(-c3cccc(C)n3)c2)cc1. The van der Waals surface area contributed by atoms with E-state index < -0.39 is 0 Å². The van der Waals surface area contributed by atoms with Crippen LogP contribution < -0.4 is 0 Å². The zero-order chi connectivity index (χ0) is 14.7. The van der Waals surface area contributed by atoms with Crippen LogP contribution in [0.1, 0.15) is 5.69 Å². The monoisotopic (exact) mass is 270 g/mol. The van der Waals surface area contributed by atoms with Crippen LogP contribution >= 0.6 is 0 Å². The largest absolute Gasteiger partial charge is 0.253 e. The van der Waals surface area contributed by atoms with Crippen LogP contribution in [0.2, 0.25) is 0 Å². The lowest BCUT2D eigenvalue weighted by molar-refractivity contribution is 1.21. The molecule has 100 valence electrons. The van der Waals surface area contributed by atoms with Crippen molar-refractivity contribution in [3.63, 3.8) is 0 Å². The Bertz CT molecular complexity index is 811. The number of aryl methyl sites for hydroxylation is 1. The number of benzene rings is 2. The maximum Gasteiger partial charge on any atom is 0.187 e. The molecule has 0 saturated heterocycles. The van der Waals surface area contributed by atoms with Crippen LogP contribution in [0.3, 0.4) is 0 Å². The smallest absolute Gasteiger partial charge is 0.187 e. The van der Waals surface area contributed by atoms with E-state index in [4.69, 9.17) is 6.57 Å². The molecule has 0 aliphatic rings. The molecule has 0 atom stereocenters. The molecule has 0 amide bonds. The predicted octanol–water partition coefficient (Wildman–Crippen LogP) is 5.27. The first-order valence-electron chi connectivity index (χ1n) is 6.78. The third-order valence-corrected chi connectivity index (χ3v) is 3.38. The number of aromatic nitrogens is 1. The van der Waals surface area contributed by atoms with Gasteiger partial charge in [-0.05, 0) is 36.2 Å². The van der Waals surface area contributed by atoms with E-state index in [0.29, 0.717) is 5.69 Å². The van der Waals surface area contributed by atoms with Gasteiger partial charge in [-0.25, -0.2) is 4.85 Å². The second kappa shape index (κ2) is 5.60. The topological polar surface area (TPSA) is 17.2 Å². The highest BCUT2D eigenvalue weighted by Gasteiger charge is 2.03. The van der Waals surface area contributed by atoms with Gasteiger partial charge in [0.1, 0.15) is 0 Å². The summed E-state index contributed by atoms with van der Waals surface area (Å²) in [6, 6.07) is 22.0. The summed E-state index contributed by atoms with van der Waals surface area (Å²) in [6.45, 7) is 9.00. The quantitative estimate of drug-likeness (QED) is 0.579. The van der Waals surface area contributed by atoms with Crippen LogP contribution in [0.15, 0.2) is 66.7 Å². The summed E-state index contributed by atoms with van der Waals surface area (Å²) in [5.74, 6) is 0. The number of rotatable bonds is 2. The van der Waals surface area contributed by atoms with Gasteiger partial charge >= 0.3 is 0 Å². The maximum atomic E-state index is 7.00. The average molecular weight is 270 g/mol. The normalized spacial score (nSPS) is 10.1. The Balaban J connectivity index is 2.01. The molecule has 0 spiro atoms. The van der Waals surface area contributed by atoms with Crippen molar-refractivity contribution < 1.29 is 0 Å². The van der Waals surface area contributed by atoms with Crippen LogP contribution in [-0.2, 0) is 0 Å². The minimum absolute atomic E-state index is 0.662. The zero-order valence-corrected chi connectivity index (χ0v) is 11.7. The van der Waals surface area contributed by atoms with Crippen LogP contribution in [0.5, 0.6) is 0 Å². The van der Waals surface area contributed by atoms with E-state index in [-0.39, 0.29) is 0 Å². The molecule has 0 radical (unpaired) electrons. The molecule has 3 rings (SSSR count). The van der Waals surface area contributed by atoms with Gasteiger partial charge in [-0.1, -0.05) is 48.5 Å². The zero-order valence-electron chi connectivity index (χ0n) is 11.7. The molecule has 0 N–H and O–H groups in total. The van der Waals surface area contributed by atoms with E-state index >= 15 is 0 Å². The van der Waals surface area contributed by atoms with Crippen molar-refractivity contribution in [2.24, 2.45) is 0 Å². The van der Waals surface area contributed by atoms with E-state index in [2.05, 4.69) is 28.0 Å². The molecule has 2 nitrogen and oxygen atoms in total. The second-order valence-corrected chi connectivity index (χ2v) is 4.90. The molecule has 2 aromatic carbocycles. The molecule has 0 aliphatic heterocycles. The van der Waals surface area contributed by atoms with Gasteiger partial charge in [0.05, 0.1) is 12.3 Å². The Morgan fingerprint density at radius 3 is 2.24 bits per heavy atom. The molecule has 0 saturated carbocycles. The van der Waals surface area contributed by atoms with Gasteiger partial charge < -0.3 is 0 Å². The first-order chi connectivity index (χ1) is 10.3. The summed E-state index contributed by atoms with van der Waals surface area (Å²) in [5, 5.41) is 0. The van der Waals surface area contributed by atoms with Crippen molar-refractivity contribution in [3.05, 3.63) is 83.8 Å². The Hall–Kier alpha value is -2.92. The summed E-state index contributed by atoms with van der Waals surface area (Å²) in [4.78, 5) is 7.99. The van der Waals surface area contributed by atoms with Gasteiger partial charge in [-0.2, -0.15) is 0 Å². The van der Waals surface area contributed by atoms with E-state index in [1.807, 2.05) is 55.5 Å². The highest BCUT2D eigenvalue weighted by molar-refractivity contribution is 5.72. The van der Waals surface area contributed by atoms with Crippen molar-refractivity contribution in [3.8, 4) is 22.4 Å². The van der Waals surface area contributed by atoms with Crippen LogP contribution in [-0.4, -0.2) is 4.98 Å². The summed E-state index contributed by atoms with van der Waals surface area (Å²) in [6.07, 6.45) is 0. The van der Waals surface area contributed by atoms with E-state index in [9.17, 15) is 0 Å². The average Bonchev–Trinajstić information content (AvgIpc) is 2.55. The Labute approximate surface area is 124 Å². The van der Waals surface area contributed by atoms with E-state index in [1.54, 1.807) is 0 Å². The fourth-order valence-electron chi connectivity index (χ4n) is 2.29. The van der Waals surface area contributed by atoms with Gasteiger partial charge in [0, 0.05) is 11.3 Å². The van der Waals surface area contributed by atoms with Crippen molar-refractivity contribution in [2.75, 3.05) is 0 Å². The summed E-state index contributed by atoms with van der Waals surface area (Å²) in [5.41, 5.74) is 6.00. The highest BCUT2D eigenvalue weighted by atomic mass is 14.7. The van der Waals surface area contributed by atoms with Gasteiger partial charge in [0.15, 0.2) is 5.69 Å². The first kappa shape index (κ1) is 13.1. The molecule has 2 heteroatoms. The Morgan fingerprint density at radius 2 is 1.52 bits per heavy atom. The summed E-state index contributed by atoms with van der Waals surface area (Å²) in [7, 11) is 0. The molecule has 0 unspecified atom stereocenters. The first-order valence-corrected chi connectivity index (χ1v) is 6.78. The minimum Gasteiger partial charge on any atom is -0.253 e. The van der Waals surface area contributed by atoms with Crippen LogP contribution in [0.25, 0.3) is 27.2 Å². The van der Waals surface area contributed by atoms with E-state index in [1.165, 1.54) is 0 Å². The summed E-state index contributed by atoms with van der Waals surface area (Å²) >= 11 is 0. The molecule has 0 aliphatic carbocycles. The molecule has 1 heterocycles. The predicted molar refractivity (Wildman–Crippen MR) is 86.1 cm³/mol. The van der Waals surface area contributed by atoms with Crippen molar-refractivity contribution >= 4 is 5.69 Å². The number of nitrogens with zero attached hydrogens (tertiary/aromatic N) is 2. The number of hydrogen-bond acceptors (Lipinski definition) is 1. The minimum atomic E-state index is 0.662. The van der Waals surface area contributed by atoms with Gasteiger partial charge in [0.25, 0.3) is 0 Å². The molecular weight excluding hydrogens is 256 g/mol. The second-order valence-electron chi connectivity index (χ2n) is 4.90. The maximum absolute atomic E-state index is 7.00. The van der Waals surface area contributed by atoms with Gasteiger partial charge in [0.2, 0.25) is 0 Å². The third kappa shape index (κ3) is 2.82. The number of hydrogen-bond donors (Lipinski definition) is 0. The van der Waals surface area contributed by atoms with Gasteiger partial charge in [-0.3, -0.25) is 4.98 Å². The van der Waals surface area contributed by atoms with Crippen LogP contribution in [0.4, 0.5) is 5.69 Å². The Kier molecular flexibility index (Phi) is 3.49.